The number of hydrogen-bond acceptors (Lipinski definition) is 6. The molecule has 2 aliphatic heterocycles. The average molecular weight is 444 g/mol. The number of carbonyl (C=O) groups excluding carboxylic acids is 1. The van der Waals surface area contributed by atoms with Gasteiger partial charge in [0.15, 0.2) is 5.76 Å². The molecule has 4 heterocycles. The first-order valence-corrected chi connectivity index (χ1v) is 9.95. The summed E-state index contributed by atoms with van der Waals surface area (Å²) in [6.45, 7) is 2.11. The number of carboxylic acids is 1. The molecule has 2 aliphatic rings. The number of ether oxygens (including phenoxy) is 1. The summed E-state index contributed by atoms with van der Waals surface area (Å²) in [6, 6.07) is 9.32. The van der Waals surface area contributed by atoms with E-state index in [9.17, 15) is 18.0 Å². The zero-order chi connectivity index (χ0) is 21.8. The fraction of sp³-hybridized carbons (Fsp3) is 0.421. The Hall–Kier alpha value is -2.53. The molecule has 0 radical (unpaired) electrons. The molecule has 1 N–H and O–H groups in total. The van der Waals surface area contributed by atoms with Crippen LogP contribution < -0.4 is 0 Å². The molecule has 2 aromatic heterocycles. The second-order valence-electron chi connectivity index (χ2n) is 6.89. The van der Waals surface area contributed by atoms with Crippen molar-refractivity contribution in [3.8, 4) is 0 Å². The van der Waals surface area contributed by atoms with E-state index in [1.165, 1.54) is 6.26 Å². The van der Waals surface area contributed by atoms with Crippen molar-refractivity contribution in [3.63, 3.8) is 0 Å². The van der Waals surface area contributed by atoms with Crippen LogP contribution in [-0.4, -0.2) is 62.7 Å². The molecule has 0 aliphatic carbocycles. The van der Waals surface area contributed by atoms with Crippen molar-refractivity contribution >= 4 is 23.6 Å². The molecular formula is C19H19F3N2O5S. The molecule has 30 heavy (non-hydrogen) atoms. The van der Waals surface area contributed by atoms with Crippen LogP contribution in [0.15, 0.2) is 47.2 Å². The predicted octanol–water partition coefficient (Wildman–Crippen LogP) is 3.22. The van der Waals surface area contributed by atoms with Gasteiger partial charge in [0.05, 0.1) is 29.4 Å². The zero-order valence-electron chi connectivity index (χ0n) is 15.7. The van der Waals surface area contributed by atoms with Gasteiger partial charge in [-0.3, -0.25) is 9.78 Å². The van der Waals surface area contributed by atoms with Crippen LogP contribution >= 0.6 is 11.8 Å². The number of nitrogens with zero attached hydrogens (tertiary/aromatic N) is 2. The van der Waals surface area contributed by atoms with Crippen LogP contribution in [0.2, 0.25) is 0 Å². The Labute approximate surface area is 174 Å². The largest absolute Gasteiger partial charge is 0.490 e. The van der Waals surface area contributed by atoms with Gasteiger partial charge in [-0.25, -0.2) is 4.79 Å². The number of halogens is 3. The Morgan fingerprint density at radius 2 is 2.03 bits per heavy atom. The first-order valence-electron chi connectivity index (χ1n) is 8.97. The molecule has 4 rings (SSSR count). The Bertz CT molecular complexity index is 855. The molecule has 0 saturated carbocycles. The summed E-state index contributed by atoms with van der Waals surface area (Å²) in [5.74, 6) is -1.37. The summed E-state index contributed by atoms with van der Waals surface area (Å²) in [4.78, 5) is 27.2. The molecule has 1 atom stereocenters. The minimum Gasteiger partial charge on any atom is -0.475 e. The lowest BCUT2D eigenvalue weighted by molar-refractivity contribution is -0.192. The first-order chi connectivity index (χ1) is 14.2. The van der Waals surface area contributed by atoms with E-state index in [0.717, 1.165) is 31.0 Å². The van der Waals surface area contributed by atoms with Crippen LogP contribution in [0.3, 0.4) is 0 Å². The second kappa shape index (κ2) is 9.09. The van der Waals surface area contributed by atoms with Gasteiger partial charge in [0, 0.05) is 25.0 Å². The predicted molar refractivity (Wildman–Crippen MR) is 101 cm³/mol. The maximum atomic E-state index is 12.2. The third-order valence-electron chi connectivity index (χ3n) is 4.59. The van der Waals surface area contributed by atoms with E-state index in [4.69, 9.17) is 19.1 Å². The van der Waals surface area contributed by atoms with Gasteiger partial charge >= 0.3 is 12.1 Å². The third kappa shape index (κ3) is 5.54. The highest BCUT2D eigenvalue weighted by Crippen LogP contribution is 2.46. The maximum absolute atomic E-state index is 12.2. The fourth-order valence-corrected chi connectivity index (χ4v) is 4.72. The number of likely N-dealkylation sites (tertiary alicyclic amines) is 1. The Morgan fingerprint density at radius 3 is 2.60 bits per heavy atom. The highest BCUT2D eigenvalue weighted by molar-refractivity contribution is 8.01. The number of alkyl halides is 3. The van der Waals surface area contributed by atoms with E-state index in [-0.39, 0.29) is 16.8 Å². The molecule has 2 fully saturated rings. The minimum atomic E-state index is -5.08. The third-order valence-corrected chi connectivity index (χ3v) is 6.16. The lowest BCUT2D eigenvalue weighted by Gasteiger charge is -2.47. The van der Waals surface area contributed by atoms with E-state index in [0.29, 0.717) is 12.4 Å². The van der Waals surface area contributed by atoms with Gasteiger partial charge in [0.1, 0.15) is 0 Å². The van der Waals surface area contributed by atoms with Crippen molar-refractivity contribution in [1.82, 2.24) is 9.88 Å². The molecular weight excluding hydrogens is 425 g/mol. The summed E-state index contributed by atoms with van der Waals surface area (Å²) in [5, 5.41) is 7.12. The molecule has 1 unspecified atom stereocenters. The number of carboxylic acid groups (broad SMARTS) is 1. The van der Waals surface area contributed by atoms with Crippen LogP contribution in [0, 0.1) is 0 Å². The number of carbonyl (C=O) groups is 2. The van der Waals surface area contributed by atoms with Gasteiger partial charge in [-0.1, -0.05) is 6.07 Å². The Morgan fingerprint density at radius 1 is 1.30 bits per heavy atom. The van der Waals surface area contributed by atoms with Crippen LogP contribution in [0.25, 0.3) is 0 Å². The monoisotopic (exact) mass is 444 g/mol. The van der Waals surface area contributed by atoms with Gasteiger partial charge < -0.3 is 19.2 Å². The smallest absolute Gasteiger partial charge is 0.475 e. The fourth-order valence-electron chi connectivity index (χ4n) is 3.17. The van der Waals surface area contributed by atoms with Gasteiger partial charge in [-0.2, -0.15) is 13.2 Å². The molecule has 0 aromatic carbocycles. The molecule has 1 spiro atoms. The number of aliphatic carboxylic acids is 1. The van der Waals surface area contributed by atoms with Gasteiger partial charge in [-0.15, -0.1) is 11.8 Å². The van der Waals surface area contributed by atoms with Crippen molar-refractivity contribution in [2.45, 2.75) is 30.1 Å². The van der Waals surface area contributed by atoms with Crippen LogP contribution in [-0.2, 0) is 16.1 Å². The summed E-state index contributed by atoms with van der Waals surface area (Å²) in [6.07, 6.45) is -0.530. The average Bonchev–Trinajstić information content (AvgIpc) is 3.35. The van der Waals surface area contributed by atoms with Crippen molar-refractivity contribution in [3.05, 3.63) is 54.2 Å². The van der Waals surface area contributed by atoms with Crippen molar-refractivity contribution in [2.75, 3.05) is 18.8 Å². The normalized spacial score (nSPS) is 19.7. The number of rotatable bonds is 4. The molecule has 162 valence electrons. The number of amides is 1. The second-order valence-corrected chi connectivity index (χ2v) is 8.38. The Kier molecular flexibility index (Phi) is 6.71. The quantitative estimate of drug-likeness (QED) is 0.774. The summed E-state index contributed by atoms with van der Waals surface area (Å²) in [7, 11) is 0. The van der Waals surface area contributed by atoms with E-state index in [1.807, 2.05) is 34.9 Å². The number of pyridine rings is 1. The van der Waals surface area contributed by atoms with E-state index < -0.39 is 12.1 Å². The Balaban J connectivity index is 0.000000318. The van der Waals surface area contributed by atoms with E-state index in [2.05, 4.69) is 4.98 Å². The van der Waals surface area contributed by atoms with Gasteiger partial charge in [0.2, 0.25) is 0 Å². The summed E-state index contributed by atoms with van der Waals surface area (Å²) < 4.78 is 43.1. The van der Waals surface area contributed by atoms with Gasteiger partial charge in [0.25, 0.3) is 5.91 Å². The molecule has 2 saturated heterocycles. The van der Waals surface area contributed by atoms with Crippen LogP contribution in [0.1, 0.15) is 22.7 Å². The molecule has 0 bridgehead atoms. The lowest BCUT2D eigenvalue weighted by Crippen LogP contribution is -2.60. The van der Waals surface area contributed by atoms with Crippen LogP contribution in [0.5, 0.6) is 0 Å². The van der Waals surface area contributed by atoms with E-state index >= 15 is 0 Å². The minimum absolute atomic E-state index is 0.0147. The van der Waals surface area contributed by atoms with Crippen molar-refractivity contribution in [1.29, 1.82) is 0 Å². The summed E-state index contributed by atoms with van der Waals surface area (Å²) in [5.41, 5.74) is 0.960. The van der Waals surface area contributed by atoms with Crippen molar-refractivity contribution < 1.29 is 37.0 Å². The maximum Gasteiger partial charge on any atom is 0.490 e. The zero-order valence-corrected chi connectivity index (χ0v) is 16.5. The van der Waals surface area contributed by atoms with Gasteiger partial charge in [-0.05, 0) is 30.7 Å². The standard InChI is InChI=1S/C17H18N2O3S.C2HF3O2/c20-16(15-5-3-7-21-15)19-11-17(12-19)8-14(10-23-17)22-9-13-4-1-2-6-18-13;3-2(4,5)1(6)7/h1-7,14H,8-12H2;(H,6,7). The van der Waals surface area contributed by atoms with E-state index in [1.54, 1.807) is 18.3 Å². The molecule has 2 aromatic rings. The number of aromatic nitrogens is 1. The summed E-state index contributed by atoms with van der Waals surface area (Å²) >= 11 is 1.92. The topological polar surface area (TPSA) is 92.9 Å². The molecule has 11 heteroatoms. The first kappa shape index (κ1) is 22.2. The van der Waals surface area contributed by atoms with Crippen molar-refractivity contribution in [2.24, 2.45) is 0 Å². The number of furan rings is 1. The number of thioether (sulfide) groups is 1. The molecule has 7 nitrogen and oxygen atoms in total. The highest BCUT2D eigenvalue weighted by atomic mass is 32.2. The van der Waals surface area contributed by atoms with Crippen LogP contribution in [0.4, 0.5) is 13.2 Å². The SMILES string of the molecule is O=C(O)C(F)(F)F.O=C(c1ccco1)N1CC2(CC(OCc3ccccn3)CS2)C1. The highest BCUT2D eigenvalue weighted by Gasteiger charge is 2.51. The molecule has 1 amide bonds. The lowest BCUT2D eigenvalue weighted by atomic mass is 9.92. The number of hydrogen-bond donors (Lipinski definition) is 1.